The van der Waals surface area contributed by atoms with Gasteiger partial charge in [-0.3, -0.25) is 0 Å². The summed E-state index contributed by atoms with van der Waals surface area (Å²) in [4.78, 5) is 0. The molecule has 2 saturated heterocycles. The molecule has 0 aromatic carbocycles. The molecule has 4 rings (SSSR count). The number of ether oxygens (including phenoxy) is 2. The Morgan fingerprint density at radius 1 is 0.667 bits per heavy atom. The lowest BCUT2D eigenvalue weighted by atomic mass is 9.57. The average Bonchev–Trinajstić information content (AvgIpc) is 2.50. The Labute approximate surface area is 165 Å². The van der Waals surface area contributed by atoms with E-state index in [-0.39, 0.29) is 47.1 Å². The molecule has 2 heterocycles. The van der Waals surface area contributed by atoms with E-state index >= 15 is 0 Å². The summed E-state index contributed by atoms with van der Waals surface area (Å²) >= 11 is 0. The molecule has 2 aliphatic heterocycles. The maximum absolute atomic E-state index is 10.4. The van der Waals surface area contributed by atoms with Crippen LogP contribution in [-0.2, 0) is 9.47 Å². The molecule has 4 heteroatoms. The van der Waals surface area contributed by atoms with Crippen LogP contribution >= 0.6 is 0 Å². The molecule has 8 atom stereocenters. The second-order valence-corrected chi connectivity index (χ2v) is 11.8. The average molecular weight is 381 g/mol. The van der Waals surface area contributed by atoms with Gasteiger partial charge in [-0.25, -0.2) is 0 Å². The van der Waals surface area contributed by atoms with Gasteiger partial charge in [-0.15, -0.1) is 0 Å². The lowest BCUT2D eigenvalue weighted by molar-refractivity contribution is -0.382. The molecule has 2 N–H and O–H groups in total. The third-order valence-corrected chi connectivity index (χ3v) is 8.60. The van der Waals surface area contributed by atoms with E-state index in [2.05, 4.69) is 41.5 Å². The van der Waals surface area contributed by atoms with Gasteiger partial charge >= 0.3 is 0 Å². The highest BCUT2D eigenvalue weighted by Crippen LogP contribution is 2.59. The third kappa shape index (κ3) is 3.39. The minimum Gasteiger partial charge on any atom is -0.393 e. The van der Waals surface area contributed by atoms with Crippen molar-refractivity contribution in [2.24, 2.45) is 34.5 Å². The number of aliphatic hydroxyl groups is 2. The second kappa shape index (κ2) is 6.42. The van der Waals surface area contributed by atoms with Crippen LogP contribution in [0.3, 0.4) is 0 Å². The van der Waals surface area contributed by atoms with Gasteiger partial charge in [0.2, 0.25) is 0 Å². The van der Waals surface area contributed by atoms with Crippen LogP contribution in [0.15, 0.2) is 0 Å². The summed E-state index contributed by atoms with van der Waals surface area (Å²) in [6.07, 6.45) is 5.23. The van der Waals surface area contributed by atoms with Crippen molar-refractivity contribution < 1.29 is 19.7 Å². The first-order valence-electron chi connectivity index (χ1n) is 11.1. The maximum atomic E-state index is 10.4. The SMILES string of the molecule is CC1CC2OC3(CC(C)(C)C2CC1O)CC(C)(C)C1CC(O)C(C)CC1O3. The van der Waals surface area contributed by atoms with Crippen molar-refractivity contribution in [2.75, 3.05) is 0 Å². The Balaban J connectivity index is 1.61. The van der Waals surface area contributed by atoms with E-state index in [9.17, 15) is 10.2 Å². The van der Waals surface area contributed by atoms with E-state index < -0.39 is 5.79 Å². The van der Waals surface area contributed by atoms with Gasteiger partial charge in [0.1, 0.15) is 0 Å². The van der Waals surface area contributed by atoms with Crippen LogP contribution in [0.1, 0.15) is 80.1 Å². The summed E-state index contributed by atoms with van der Waals surface area (Å²) in [5.74, 6) is 0.842. The van der Waals surface area contributed by atoms with Gasteiger partial charge in [0, 0.05) is 12.8 Å². The van der Waals surface area contributed by atoms with Gasteiger partial charge in [0.05, 0.1) is 24.4 Å². The molecule has 0 radical (unpaired) electrons. The van der Waals surface area contributed by atoms with Crippen molar-refractivity contribution in [3.63, 3.8) is 0 Å². The van der Waals surface area contributed by atoms with E-state index in [1.165, 1.54) is 0 Å². The molecule has 4 fully saturated rings. The fourth-order valence-electron chi connectivity index (χ4n) is 7.03. The van der Waals surface area contributed by atoms with Crippen molar-refractivity contribution in [2.45, 2.75) is 110 Å². The number of aliphatic hydroxyl groups excluding tert-OH is 2. The van der Waals surface area contributed by atoms with Crippen LogP contribution in [0.2, 0.25) is 0 Å². The summed E-state index contributed by atoms with van der Waals surface area (Å²) in [5, 5.41) is 20.9. The Morgan fingerprint density at radius 2 is 1.04 bits per heavy atom. The molecule has 0 bridgehead atoms. The Hall–Kier alpha value is -0.160. The molecule has 27 heavy (non-hydrogen) atoms. The van der Waals surface area contributed by atoms with Gasteiger partial charge in [-0.1, -0.05) is 41.5 Å². The molecule has 0 aromatic heterocycles. The van der Waals surface area contributed by atoms with E-state index in [0.717, 1.165) is 38.5 Å². The van der Waals surface area contributed by atoms with E-state index in [0.29, 0.717) is 11.8 Å². The highest BCUT2D eigenvalue weighted by Gasteiger charge is 2.60. The van der Waals surface area contributed by atoms with Gasteiger partial charge in [-0.2, -0.15) is 0 Å². The van der Waals surface area contributed by atoms with Crippen LogP contribution in [0.4, 0.5) is 0 Å². The fourth-order valence-corrected chi connectivity index (χ4v) is 7.03. The normalized spacial score (nSPS) is 54.2. The highest BCUT2D eigenvalue weighted by atomic mass is 16.7. The fraction of sp³-hybridized carbons (Fsp3) is 1.00. The van der Waals surface area contributed by atoms with E-state index in [1.54, 1.807) is 0 Å². The van der Waals surface area contributed by atoms with Crippen molar-refractivity contribution in [1.29, 1.82) is 0 Å². The van der Waals surface area contributed by atoms with Crippen LogP contribution in [0.5, 0.6) is 0 Å². The summed E-state index contributed by atoms with van der Waals surface area (Å²) < 4.78 is 13.6. The summed E-state index contributed by atoms with van der Waals surface area (Å²) in [7, 11) is 0. The first kappa shape index (κ1) is 20.1. The first-order valence-corrected chi connectivity index (χ1v) is 11.1. The molecule has 8 unspecified atom stereocenters. The van der Waals surface area contributed by atoms with Crippen LogP contribution < -0.4 is 0 Å². The van der Waals surface area contributed by atoms with Crippen LogP contribution in [-0.4, -0.2) is 40.4 Å². The Morgan fingerprint density at radius 3 is 1.41 bits per heavy atom. The van der Waals surface area contributed by atoms with Crippen LogP contribution in [0, 0.1) is 34.5 Å². The molecular formula is C23H40O4. The standard InChI is InChI=1S/C23H40O4/c1-13-7-19-15(9-17(13)24)21(3,4)11-23(26-19)12-22(5,6)16-10-18(25)14(2)8-20(16)27-23/h13-20,24-25H,7-12H2,1-6H3. The number of hydrogen-bond donors (Lipinski definition) is 2. The quantitative estimate of drug-likeness (QED) is 0.663. The van der Waals surface area contributed by atoms with Crippen LogP contribution in [0.25, 0.3) is 0 Å². The number of rotatable bonds is 0. The highest BCUT2D eigenvalue weighted by molar-refractivity contribution is 5.05. The van der Waals surface area contributed by atoms with Crippen molar-refractivity contribution in [1.82, 2.24) is 0 Å². The summed E-state index contributed by atoms with van der Waals surface area (Å²) in [6, 6.07) is 0. The molecule has 2 aliphatic carbocycles. The predicted octanol–water partition coefficient (Wildman–Crippen LogP) is 4.13. The van der Waals surface area contributed by atoms with Crippen molar-refractivity contribution in [3.8, 4) is 0 Å². The molecule has 2 saturated carbocycles. The lowest BCUT2D eigenvalue weighted by Gasteiger charge is -2.62. The monoisotopic (exact) mass is 380 g/mol. The number of fused-ring (bicyclic) bond motifs is 2. The Kier molecular flexibility index (Phi) is 4.78. The topological polar surface area (TPSA) is 58.9 Å². The third-order valence-electron chi connectivity index (χ3n) is 8.60. The van der Waals surface area contributed by atoms with E-state index in [1.807, 2.05) is 0 Å². The smallest absolute Gasteiger partial charge is 0.170 e. The zero-order chi connectivity index (χ0) is 19.8. The zero-order valence-corrected chi connectivity index (χ0v) is 18.1. The van der Waals surface area contributed by atoms with Gasteiger partial charge in [-0.05, 0) is 60.2 Å². The van der Waals surface area contributed by atoms with Gasteiger partial charge in [0.15, 0.2) is 5.79 Å². The minimum absolute atomic E-state index is 0.0900. The van der Waals surface area contributed by atoms with Gasteiger partial charge < -0.3 is 19.7 Å². The minimum atomic E-state index is -0.515. The Bertz CT molecular complexity index is 521. The van der Waals surface area contributed by atoms with Gasteiger partial charge in [0.25, 0.3) is 0 Å². The second-order valence-electron chi connectivity index (χ2n) is 11.8. The predicted molar refractivity (Wildman–Crippen MR) is 105 cm³/mol. The number of hydrogen-bond acceptors (Lipinski definition) is 4. The largest absolute Gasteiger partial charge is 0.393 e. The summed E-state index contributed by atoms with van der Waals surface area (Å²) in [5.41, 5.74) is 0.180. The van der Waals surface area contributed by atoms with Crippen molar-refractivity contribution >= 4 is 0 Å². The zero-order valence-electron chi connectivity index (χ0n) is 18.1. The molecule has 1 spiro atoms. The maximum Gasteiger partial charge on any atom is 0.170 e. The lowest BCUT2D eigenvalue weighted by Crippen LogP contribution is -2.64. The molecule has 4 nitrogen and oxygen atoms in total. The molecule has 156 valence electrons. The molecule has 4 aliphatic rings. The molecule has 0 aromatic rings. The first-order chi connectivity index (χ1) is 12.4. The molecule has 0 amide bonds. The summed E-state index contributed by atoms with van der Waals surface area (Å²) in [6.45, 7) is 13.6. The van der Waals surface area contributed by atoms with Crippen molar-refractivity contribution in [3.05, 3.63) is 0 Å². The van der Waals surface area contributed by atoms with E-state index in [4.69, 9.17) is 9.47 Å². The molecular weight excluding hydrogens is 340 g/mol.